The summed E-state index contributed by atoms with van der Waals surface area (Å²) >= 11 is 9.33. The molecule has 0 fully saturated rings. The Bertz CT molecular complexity index is 991. The van der Waals surface area contributed by atoms with Crippen molar-refractivity contribution < 1.29 is 13.6 Å². The van der Waals surface area contributed by atoms with Crippen molar-refractivity contribution in [1.29, 1.82) is 0 Å². The van der Waals surface area contributed by atoms with Gasteiger partial charge in [-0.1, -0.05) is 17.7 Å². The Kier molecular flexibility index (Phi) is 5.38. The summed E-state index contributed by atoms with van der Waals surface area (Å²) in [6.07, 6.45) is 1.44. The molecule has 0 aliphatic rings. The fraction of sp³-hybridized carbons (Fsp3) is 0.111. The Morgan fingerprint density at radius 2 is 2.08 bits per heavy atom. The van der Waals surface area contributed by atoms with E-state index in [0.717, 1.165) is 0 Å². The first kappa shape index (κ1) is 18.5. The van der Waals surface area contributed by atoms with Crippen molar-refractivity contribution in [2.24, 2.45) is 7.05 Å². The van der Waals surface area contributed by atoms with E-state index in [9.17, 15) is 13.6 Å². The molecule has 0 radical (unpaired) electrons. The van der Waals surface area contributed by atoms with Crippen LogP contribution in [0.4, 0.5) is 14.5 Å². The quantitative estimate of drug-likeness (QED) is 0.593. The number of amides is 1. The third-order valence-electron chi connectivity index (χ3n) is 3.74. The summed E-state index contributed by atoms with van der Waals surface area (Å²) in [6.45, 7) is -0.857. The zero-order chi connectivity index (χ0) is 18.8. The molecule has 8 heteroatoms. The molecule has 0 aliphatic carbocycles. The maximum absolute atomic E-state index is 13.8. The highest BCUT2D eigenvalue weighted by Crippen LogP contribution is 2.33. The topological polar surface area (TPSA) is 46.9 Å². The molecule has 1 heterocycles. The lowest BCUT2D eigenvalue weighted by Crippen LogP contribution is -2.13. The van der Waals surface area contributed by atoms with Crippen molar-refractivity contribution in [2.75, 3.05) is 5.32 Å². The number of anilines is 1. The molecule has 3 aromatic rings. The van der Waals surface area contributed by atoms with E-state index in [-0.39, 0.29) is 11.3 Å². The molecule has 0 aliphatic heterocycles. The van der Waals surface area contributed by atoms with Crippen LogP contribution in [0.15, 0.2) is 47.1 Å². The van der Waals surface area contributed by atoms with Crippen LogP contribution in [-0.4, -0.2) is 15.7 Å². The van der Waals surface area contributed by atoms with Crippen LogP contribution in [-0.2, 0) is 13.7 Å². The molecule has 26 heavy (non-hydrogen) atoms. The van der Waals surface area contributed by atoms with Gasteiger partial charge in [-0.15, -0.1) is 0 Å². The number of rotatable bonds is 4. The summed E-state index contributed by atoms with van der Waals surface area (Å²) in [5.41, 5.74) is 1.69. The number of halogens is 4. The smallest absolute Gasteiger partial charge is 0.259 e. The van der Waals surface area contributed by atoms with E-state index in [1.165, 1.54) is 29.1 Å². The van der Waals surface area contributed by atoms with Crippen molar-refractivity contribution in [3.05, 3.63) is 69.2 Å². The van der Waals surface area contributed by atoms with Gasteiger partial charge in [0, 0.05) is 29.0 Å². The minimum Gasteiger partial charge on any atom is -0.321 e. The average molecular weight is 441 g/mol. The first-order chi connectivity index (χ1) is 12.4. The minimum atomic E-state index is -0.857. The van der Waals surface area contributed by atoms with Gasteiger partial charge in [0.15, 0.2) is 0 Å². The molecule has 4 nitrogen and oxygen atoms in total. The SMILES string of the molecule is Cn1cc(C(=O)Nc2ccc(F)cc2-c2ccc(Cl)c(Br)c2)c(CF)n1. The summed E-state index contributed by atoms with van der Waals surface area (Å²) in [7, 11) is 1.60. The lowest BCUT2D eigenvalue weighted by Gasteiger charge is -2.12. The summed E-state index contributed by atoms with van der Waals surface area (Å²) < 4.78 is 28.8. The molecule has 134 valence electrons. The first-order valence-electron chi connectivity index (χ1n) is 7.54. The van der Waals surface area contributed by atoms with Gasteiger partial charge in [-0.05, 0) is 51.8 Å². The second kappa shape index (κ2) is 7.55. The Balaban J connectivity index is 2.00. The normalized spacial score (nSPS) is 10.8. The zero-order valence-corrected chi connectivity index (χ0v) is 15.9. The number of hydrogen-bond acceptors (Lipinski definition) is 2. The van der Waals surface area contributed by atoms with Gasteiger partial charge in [0.25, 0.3) is 5.91 Å². The molecule has 0 bridgehead atoms. The maximum Gasteiger partial charge on any atom is 0.259 e. The van der Waals surface area contributed by atoms with E-state index in [1.54, 1.807) is 25.2 Å². The highest BCUT2D eigenvalue weighted by molar-refractivity contribution is 9.10. The van der Waals surface area contributed by atoms with E-state index in [2.05, 4.69) is 26.3 Å². The first-order valence-corrected chi connectivity index (χ1v) is 8.71. The van der Waals surface area contributed by atoms with Gasteiger partial charge in [0.2, 0.25) is 0 Å². The van der Waals surface area contributed by atoms with E-state index < -0.39 is 18.4 Å². The fourth-order valence-corrected chi connectivity index (χ4v) is 3.04. The number of benzene rings is 2. The number of aryl methyl sites for hydroxylation is 1. The number of aromatic nitrogens is 2. The largest absolute Gasteiger partial charge is 0.321 e. The fourth-order valence-electron chi connectivity index (χ4n) is 2.54. The molecule has 0 atom stereocenters. The van der Waals surface area contributed by atoms with E-state index in [1.807, 2.05) is 0 Å². The van der Waals surface area contributed by atoms with Crippen LogP contribution in [0.1, 0.15) is 16.1 Å². The van der Waals surface area contributed by atoms with Crippen molar-refractivity contribution in [3.63, 3.8) is 0 Å². The Morgan fingerprint density at radius 3 is 2.77 bits per heavy atom. The maximum atomic E-state index is 13.8. The van der Waals surface area contributed by atoms with Crippen LogP contribution in [0.2, 0.25) is 5.02 Å². The highest BCUT2D eigenvalue weighted by atomic mass is 79.9. The Hall–Kier alpha value is -2.25. The van der Waals surface area contributed by atoms with Crippen molar-refractivity contribution >= 4 is 39.1 Å². The van der Waals surface area contributed by atoms with Gasteiger partial charge in [0.05, 0.1) is 10.6 Å². The molecule has 1 N–H and O–H groups in total. The summed E-state index contributed by atoms with van der Waals surface area (Å²) in [5.74, 6) is -0.971. The van der Waals surface area contributed by atoms with Crippen LogP contribution in [0.25, 0.3) is 11.1 Å². The highest BCUT2D eigenvalue weighted by Gasteiger charge is 2.18. The summed E-state index contributed by atoms with van der Waals surface area (Å²) in [5, 5.41) is 7.12. The molecule has 1 amide bonds. The molecule has 0 saturated carbocycles. The summed E-state index contributed by atoms with van der Waals surface area (Å²) in [4.78, 5) is 12.5. The standard InChI is InChI=1S/C18H13BrClF2N3O/c1-25-9-13(17(8-21)24-25)18(26)23-16-5-3-11(22)7-12(16)10-2-4-15(20)14(19)6-10/h2-7,9H,8H2,1H3,(H,23,26). The second-order valence-electron chi connectivity index (χ2n) is 5.57. The van der Waals surface area contributed by atoms with Crippen molar-refractivity contribution in [3.8, 4) is 11.1 Å². The zero-order valence-electron chi connectivity index (χ0n) is 13.6. The molecule has 0 spiro atoms. The van der Waals surface area contributed by atoms with Gasteiger partial charge in [-0.25, -0.2) is 8.78 Å². The van der Waals surface area contributed by atoms with Crippen molar-refractivity contribution in [2.45, 2.75) is 6.67 Å². The van der Waals surface area contributed by atoms with E-state index in [4.69, 9.17) is 11.6 Å². The lowest BCUT2D eigenvalue weighted by molar-refractivity contribution is 0.102. The summed E-state index contributed by atoms with van der Waals surface area (Å²) in [6, 6.07) is 9.11. The van der Waals surface area contributed by atoms with Crippen LogP contribution in [0.5, 0.6) is 0 Å². The van der Waals surface area contributed by atoms with Gasteiger partial charge in [-0.2, -0.15) is 5.10 Å². The van der Waals surface area contributed by atoms with Crippen LogP contribution >= 0.6 is 27.5 Å². The van der Waals surface area contributed by atoms with Crippen molar-refractivity contribution in [1.82, 2.24) is 9.78 Å². The van der Waals surface area contributed by atoms with E-state index >= 15 is 0 Å². The molecule has 2 aromatic carbocycles. The van der Waals surface area contributed by atoms with Gasteiger partial charge < -0.3 is 5.32 Å². The van der Waals surface area contributed by atoms with Gasteiger partial charge in [0.1, 0.15) is 18.2 Å². The molecule has 3 rings (SSSR count). The predicted octanol–water partition coefficient (Wildman–Crippen LogP) is 5.36. The van der Waals surface area contributed by atoms with E-state index in [0.29, 0.717) is 26.3 Å². The van der Waals surface area contributed by atoms with Crippen LogP contribution < -0.4 is 5.32 Å². The lowest BCUT2D eigenvalue weighted by atomic mass is 10.0. The number of nitrogens with one attached hydrogen (secondary N) is 1. The molecule has 0 unspecified atom stereocenters. The predicted molar refractivity (Wildman–Crippen MR) is 101 cm³/mol. The Labute approximate surface area is 161 Å². The van der Waals surface area contributed by atoms with Crippen LogP contribution in [0.3, 0.4) is 0 Å². The van der Waals surface area contributed by atoms with Gasteiger partial charge >= 0.3 is 0 Å². The molecule has 0 saturated heterocycles. The molecule has 1 aromatic heterocycles. The average Bonchev–Trinajstić information content (AvgIpc) is 3.00. The number of hydrogen-bond donors (Lipinski definition) is 1. The Morgan fingerprint density at radius 1 is 1.31 bits per heavy atom. The number of nitrogens with zero attached hydrogens (tertiary/aromatic N) is 2. The second-order valence-corrected chi connectivity index (χ2v) is 6.83. The van der Waals surface area contributed by atoms with Crippen LogP contribution in [0, 0.1) is 5.82 Å². The molecular formula is C18H13BrClF2N3O. The number of carbonyl (C=O) groups excluding carboxylic acids is 1. The third-order valence-corrected chi connectivity index (χ3v) is 4.95. The number of carbonyl (C=O) groups is 1. The third kappa shape index (κ3) is 3.78. The monoisotopic (exact) mass is 439 g/mol. The number of alkyl halides is 1. The van der Waals surface area contributed by atoms with Gasteiger partial charge in [-0.3, -0.25) is 9.48 Å². The minimum absolute atomic E-state index is 0.0444. The molecular weight excluding hydrogens is 428 g/mol.